The molecule has 0 aromatic heterocycles. The fraction of sp³-hybridized carbons (Fsp3) is 0.600. The third-order valence-corrected chi connectivity index (χ3v) is 4.98. The summed E-state index contributed by atoms with van der Waals surface area (Å²) >= 11 is 0. The number of rotatable bonds is 5. The van der Waals surface area contributed by atoms with Crippen LogP contribution in [0.5, 0.6) is 0 Å². The first-order valence-corrected chi connectivity index (χ1v) is 8.70. The van der Waals surface area contributed by atoms with Crippen molar-refractivity contribution < 1.29 is 19.3 Å². The molecule has 24 heavy (non-hydrogen) atoms. The van der Waals surface area contributed by atoms with E-state index in [0.29, 0.717) is 13.2 Å². The molecule has 0 amide bonds. The van der Waals surface area contributed by atoms with Crippen LogP contribution < -0.4 is 0 Å². The lowest BCUT2D eigenvalue weighted by Gasteiger charge is -2.44. The summed E-state index contributed by atoms with van der Waals surface area (Å²) in [6, 6.07) is 10.0. The van der Waals surface area contributed by atoms with Crippen molar-refractivity contribution in [2.45, 2.75) is 62.6 Å². The van der Waals surface area contributed by atoms with Gasteiger partial charge < -0.3 is 19.3 Å². The molecule has 1 aromatic rings. The van der Waals surface area contributed by atoms with E-state index in [2.05, 4.69) is 18.8 Å². The molecule has 1 N–H and O–H groups in total. The Labute approximate surface area is 144 Å². The minimum atomic E-state index is -1.31. The van der Waals surface area contributed by atoms with Crippen LogP contribution in [-0.4, -0.2) is 42.2 Å². The van der Waals surface area contributed by atoms with Gasteiger partial charge in [0.25, 0.3) is 0 Å². The molecule has 4 nitrogen and oxygen atoms in total. The highest BCUT2D eigenvalue weighted by Gasteiger charge is 2.68. The van der Waals surface area contributed by atoms with Crippen molar-refractivity contribution in [2.75, 3.05) is 13.7 Å². The molecular weight excluding hydrogens is 304 g/mol. The van der Waals surface area contributed by atoms with Gasteiger partial charge in [-0.05, 0) is 24.8 Å². The minimum Gasteiger partial charge on any atom is -0.375 e. The second-order valence-corrected chi connectivity index (χ2v) is 6.63. The van der Waals surface area contributed by atoms with Gasteiger partial charge in [0.2, 0.25) is 0 Å². The van der Waals surface area contributed by atoms with Gasteiger partial charge in [-0.3, -0.25) is 0 Å². The van der Waals surface area contributed by atoms with Crippen molar-refractivity contribution in [3.05, 3.63) is 35.9 Å². The first kappa shape index (κ1) is 17.4. The number of aliphatic hydroxyl groups is 1. The Bertz CT molecular complexity index is 599. The largest absolute Gasteiger partial charge is 0.375 e. The van der Waals surface area contributed by atoms with Crippen molar-refractivity contribution in [3.63, 3.8) is 0 Å². The molecule has 1 saturated heterocycles. The van der Waals surface area contributed by atoms with E-state index in [1.165, 1.54) is 0 Å². The van der Waals surface area contributed by atoms with Crippen LogP contribution in [0.3, 0.4) is 0 Å². The molecule has 0 bridgehead atoms. The van der Waals surface area contributed by atoms with E-state index in [0.717, 1.165) is 31.2 Å². The summed E-state index contributed by atoms with van der Waals surface area (Å²) in [6.07, 6.45) is 2.53. The molecule has 0 radical (unpaired) electrons. The number of benzene rings is 1. The zero-order chi connectivity index (χ0) is 17.0. The molecule has 1 spiro atoms. The van der Waals surface area contributed by atoms with E-state index in [9.17, 15) is 5.11 Å². The van der Waals surface area contributed by atoms with Gasteiger partial charge in [-0.1, -0.05) is 43.2 Å². The highest BCUT2D eigenvalue weighted by atomic mass is 16.6. The van der Waals surface area contributed by atoms with Crippen LogP contribution in [0.25, 0.3) is 0 Å². The molecule has 2 fully saturated rings. The van der Waals surface area contributed by atoms with Crippen molar-refractivity contribution >= 4 is 0 Å². The number of hydrogen-bond acceptors (Lipinski definition) is 4. The van der Waals surface area contributed by atoms with Gasteiger partial charge in [0, 0.05) is 13.5 Å². The highest BCUT2D eigenvalue weighted by molar-refractivity contribution is 5.31. The Kier molecular flexibility index (Phi) is 5.27. The van der Waals surface area contributed by atoms with Gasteiger partial charge >= 0.3 is 0 Å². The fourth-order valence-electron chi connectivity index (χ4n) is 3.48. The maximum atomic E-state index is 11.3. The van der Waals surface area contributed by atoms with E-state index in [1.54, 1.807) is 7.11 Å². The Hall–Kier alpha value is -1.38. The lowest BCUT2D eigenvalue weighted by molar-refractivity contribution is -0.186. The Balaban J connectivity index is 1.75. The third-order valence-electron chi connectivity index (χ3n) is 4.98. The Morgan fingerprint density at radius 3 is 2.71 bits per heavy atom. The van der Waals surface area contributed by atoms with Crippen molar-refractivity contribution in [3.8, 4) is 11.8 Å². The first-order valence-electron chi connectivity index (χ1n) is 8.70. The molecule has 130 valence electrons. The van der Waals surface area contributed by atoms with Crippen molar-refractivity contribution in [2.24, 2.45) is 0 Å². The highest BCUT2D eigenvalue weighted by Crippen LogP contribution is 2.50. The van der Waals surface area contributed by atoms with Gasteiger partial charge in [0.1, 0.15) is 11.7 Å². The summed E-state index contributed by atoms with van der Waals surface area (Å²) in [4.78, 5) is 0. The average molecular weight is 330 g/mol. The predicted octanol–water partition coefficient (Wildman–Crippen LogP) is 2.68. The first-order chi connectivity index (χ1) is 11.6. The zero-order valence-electron chi connectivity index (χ0n) is 14.5. The molecule has 4 heteroatoms. The molecule has 1 saturated carbocycles. The number of hydrogen-bond donors (Lipinski definition) is 1. The molecule has 4 atom stereocenters. The van der Waals surface area contributed by atoms with Crippen LogP contribution in [0.1, 0.15) is 38.2 Å². The maximum Gasteiger partial charge on any atom is 0.185 e. The van der Waals surface area contributed by atoms with Gasteiger partial charge in [-0.25, -0.2) is 0 Å². The van der Waals surface area contributed by atoms with Crippen LogP contribution in [0.4, 0.5) is 0 Å². The van der Waals surface area contributed by atoms with Crippen molar-refractivity contribution in [1.29, 1.82) is 0 Å². The summed E-state index contributed by atoms with van der Waals surface area (Å²) < 4.78 is 17.4. The van der Waals surface area contributed by atoms with Crippen LogP contribution in [0, 0.1) is 11.8 Å². The minimum absolute atomic E-state index is 0.203. The van der Waals surface area contributed by atoms with Gasteiger partial charge in [0.05, 0.1) is 19.3 Å². The molecule has 3 rings (SSSR count). The molecule has 1 aliphatic heterocycles. The molecule has 0 unspecified atom stereocenters. The third kappa shape index (κ3) is 3.22. The molecule has 2 aliphatic rings. The summed E-state index contributed by atoms with van der Waals surface area (Å²) in [6.45, 7) is 3.11. The number of unbranched alkanes of at least 4 members (excludes halogenated alkanes) is 1. The van der Waals surface area contributed by atoms with Gasteiger partial charge in [-0.15, -0.1) is 5.92 Å². The van der Waals surface area contributed by atoms with Crippen LogP contribution in [-0.2, 0) is 20.8 Å². The Morgan fingerprint density at radius 1 is 1.33 bits per heavy atom. The molecule has 1 heterocycles. The summed E-state index contributed by atoms with van der Waals surface area (Å²) in [5.41, 5.74) is -0.784. The van der Waals surface area contributed by atoms with Gasteiger partial charge in [0.15, 0.2) is 5.60 Å². The van der Waals surface area contributed by atoms with Crippen molar-refractivity contribution in [1.82, 2.24) is 0 Å². The molecular formula is C20H26O4. The lowest BCUT2D eigenvalue weighted by Crippen LogP contribution is -2.62. The van der Waals surface area contributed by atoms with Crippen LogP contribution in [0.15, 0.2) is 30.3 Å². The van der Waals surface area contributed by atoms with E-state index in [4.69, 9.17) is 14.2 Å². The smallest absolute Gasteiger partial charge is 0.185 e. The summed E-state index contributed by atoms with van der Waals surface area (Å²) in [5.74, 6) is 6.14. The normalized spacial score (nSPS) is 34.6. The lowest BCUT2D eigenvalue weighted by atomic mass is 9.72. The maximum absolute atomic E-state index is 11.3. The second-order valence-electron chi connectivity index (χ2n) is 6.63. The number of ether oxygens (including phenoxy) is 3. The van der Waals surface area contributed by atoms with E-state index >= 15 is 0 Å². The number of epoxide rings is 1. The zero-order valence-corrected chi connectivity index (χ0v) is 14.5. The molecule has 1 aliphatic carbocycles. The average Bonchev–Trinajstić information content (AvgIpc) is 3.39. The van der Waals surface area contributed by atoms with E-state index in [1.807, 2.05) is 30.3 Å². The summed E-state index contributed by atoms with van der Waals surface area (Å²) in [5, 5.41) is 11.3. The monoisotopic (exact) mass is 330 g/mol. The topological polar surface area (TPSA) is 51.2 Å². The quantitative estimate of drug-likeness (QED) is 0.666. The van der Waals surface area contributed by atoms with E-state index in [-0.39, 0.29) is 6.10 Å². The second kappa shape index (κ2) is 7.25. The van der Waals surface area contributed by atoms with Gasteiger partial charge in [-0.2, -0.15) is 0 Å². The van der Waals surface area contributed by atoms with E-state index < -0.39 is 17.3 Å². The Morgan fingerprint density at radius 2 is 2.08 bits per heavy atom. The predicted molar refractivity (Wildman–Crippen MR) is 91.4 cm³/mol. The SMILES string of the molecule is CCCC#C[C@@]1(O)[C@H](OC)[C@H](OCc2ccccc2)CC[C@]12CO2. The van der Waals surface area contributed by atoms with Crippen LogP contribution in [0.2, 0.25) is 0 Å². The summed E-state index contributed by atoms with van der Waals surface area (Å²) in [7, 11) is 1.61. The molecule has 1 aromatic carbocycles. The fourth-order valence-corrected chi connectivity index (χ4v) is 3.48. The standard InChI is InChI=1S/C20H26O4/c1-3-4-8-12-20(21)18(22-2)17(11-13-19(20)15-24-19)23-14-16-9-6-5-7-10-16/h5-7,9-10,17-18,21H,3-4,11,13-15H2,1-2H3/t17-,18-,19+,20-/m1/s1. The van der Waals surface area contributed by atoms with Crippen LogP contribution >= 0.6 is 0 Å². The number of methoxy groups -OCH3 is 1.